The standard InChI is InChI=1S/C7H6N2OS/c1-2-5-6(10)9-4-3-8-7(9)11-5/h2-5H,1H2. The molecule has 1 aromatic rings. The monoisotopic (exact) mass is 166 g/mol. The molecule has 0 radical (unpaired) electrons. The highest BCUT2D eigenvalue weighted by molar-refractivity contribution is 8.01. The Kier molecular flexibility index (Phi) is 1.35. The maximum absolute atomic E-state index is 11.3. The number of hydrogen-bond acceptors (Lipinski definition) is 3. The van der Waals surface area contributed by atoms with Crippen LogP contribution in [0.2, 0.25) is 0 Å². The quantitative estimate of drug-likeness (QED) is 0.588. The van der Waals surface area contributed by atoms with Gasteiger partial charge < -0.3 is 0 Å². The van der Waals surface area contributed by atoms with Crippen molar-refractivity contribution < 1.29 is 4.79 Å². The highest BCUT2D eigenvalue weighted by Crippen LogP contribution is 2.30. The summed E-state index contributed by atoms with van der Waals surface area (Å²) in [5.41, 5.74) is 0. The van der Waals surface area contributed by atoms with Gasteiger partial charge in [0.15, 0.2) is 5.16 Å². The van der Waals surface area contributed by atoms with Crippen molar-refractivity contribution in [1.29, 1.82) is 0 Å². The van der Waals surface area contributed by atoms with Crippen LogP contribution in [0.4, 0.5) is 0 Å². The van der Waals surface area contributed by atoms with Gasteiger partial charge in [0.1, 0.15) is 5.25 Å². The van der Waals surface area contributed by atoms with E-state index in [1.165, 1.54) is 11.8 Å². The number of carbonyl (C=O) groups excluding carboxylic acids is 1. The van der Waals surface area contributed by atoms with E-state index < -0.39 is 0 Å². The lowest BCUT2D eigenvalue weighted by molar-refractivity contribution is 0.0922. The molecule has 0 spiro atoms. The third-order valence-electron chi connectivity index (χ3n) is 1.53. The molecule has 0 bridgehead atoms. The number of thioether (sulfide) groups is 1. The van der Waals surface area contributed by atoms with Gasteiger partial charge in [-0.15, -0.1) is 6.58 Å². The Morgan fingerprint density at radius 3 is 3.27 bits per heavy atom. The largest absolute Gasteiger partial charge is 0.272 e. The van der Waals surface area contributed by atoms with E-state index in [1.54, 1.807) is 23.0 Å². The number of carbonyl (C=O) groups is 1. The molecule has 1 aliphatic heterocycles. The lowest BCUT2D eigenvalue weighted by Gasteiger charge is -1.95. The van der Waals surface area contributed by atoms with Crippen LogP contribution in [-0.2, 0) is 0 Å². The van der Waals surface area contributed by atoms with Crippen LogP contribution in [0.25, 0.3) is 0 Å². The van der Waals surface area contributed by atoms with Crippen LogP contribution in [-0.4, -0.2) is 20.7 Å². The smallest absolute Gasteiger partial charge is 0.250 e. The molecule has 1 atom stereocenters. The molecule has 0 N–H and O–H groups in total. The molecule has 0 amide bonds. The molecule has 0 fully saturated rings. The van der Waals surface area contributed by atoms with Crippen LogP contribution in [0, 0.1) is 0 Å². The second kappa shape index (κ2) is 2.23. The molecule has 2 heterocycles. The van der Waals surface area contributed by atoms with Crippen LogP contribution in [0.15, 0.2) is 30.2 Å². The van der Waals surface area contributed by atoms with Gasteiger partial charge in [0.25, 0.3) is 0 Å². The Bertz CT molecular complexity index is 318. The van der Waals surface area contributed by atoms with Gasteiger partial charge in [-0.1, -0.05) is 17.8 Å². The lowest BCUT2D eigenvalue weighted by Crippen LogP contribution is -2.13. The van der Waals surface area contributed by atoms with Crippen molar-refractivity contribution in [2.75, 3.05) is 0 Å². The van der Waals surface area contributed by atoms with Crippen LogP contribution in [0.5, 0.6) is 0 Å². The number of aromatic nitrogens is 2. The van der Waals surface area contributed by atoms with E-state index in [4.69, 9.17) is 0 Å². The molecule has 0 aliphatic carbocycles. The third-order valence-corrected chi connectivity index (χ3v) is 2.70. The normalized spacial score (nSPS) is 21.8. The van der Waals surface area contributed by atoms with Gasteiger partial charge in [0, 0.05) is 12.4 Å². The zero-order valence-corrected chi connectivity index (χ0v) is 6.54. The van der Waals surface area contributed by atoms with Crippen molar-refractivity contribution >= 4 is 17.7 Å². The molecule has 2 rings (SSSR count). The molecule has 1 aliphatic rings. The molecular weight excluding hydrogens is 160 g/mol. The highest BCUT2D eigenvalue weighted by atomic mass is 32.2. The Labute approximate surface area is 68.1 Å². The van der Waals surface area contributed by atoms with Gasteiger partial charge in [-0.05, 0) is 0 Å². The molecule has 0 saturated heterocycles. The van der Waals surface area contributed by atoms with Crippen LogP contribution in [0.3, 0.4) is 0 Å². The average molecular weight is 166 g/mol. The van der Waals surface area contributed by atoms with Gasteiger partial charge in [0.2, 0.25) is 5.91 Å². The van der Waals surface area contributed by atoms with Gasteiger partial charge in [-0.3, -0.25) is 9.36 Å². The molecular formula is C7H6N2OS. The van der Waals surface area contributed by atoms with E-state index >= 15 is 0 Å². The molecule has 4 heteroatoms. The summed E-state index contributed by atoms with van der Waals surface area (Å²) in [4.78, 5) is 15.3. The first-order valence-electron chi connectivity index (χ1n) is 3.19. The second-order valence-electron chi connectivity index (χ2n) is 2.19. The Morgan fingerprint density at radius 2 is 2.64 bits per heavy atom. The predicted molar refractivity (Wildman–Crippen MR) is 42.7 cm³/mol. The van der Waals surface area contributed by atoms with Crippen molar-refractivity contribution in [3.63, 3.8) is 0 Å². The molecule has 1 unspecified atom stereocenters. The number of nitrogens with zero attached hydrogens (tertiary/aromatic N) is 2. The fourth-order valence-electron chi connectivity index (χ4n) is 0.995. The van der Waals surface area contributed by atoms with Crippen molar-refractivity contribution in [1.82, 2.24) is 9.55 Å². The summed E-state index contributed by atoms with van der Waals surface area (Å²) < 4.78 is 1.55. The van der Waals surface area contributed by atoms with E-state index in [0.717, 1.165) is 5.16 Å². The van der Waals surface area contributed by atoms with Crippen LogP contribution < -0.4 is 0 Å². The maximum Gasteiger partial charge on any atom is 0.250 e. The summed E-state index contributed by atoms with van der Waals surface area (Å²) in [6.07, 6.45) is 4.94. The summed E-state index contributed by atoms with van der Waals surface area (Å²) in [6, 6.07) is 0. The van der Waals surface area contributed by atoms with Gasteiger partial charge in [-0.2, -0.15) is 0 Å². The Morgan fingerprint density at radius 1 is 1.82 bits per heavy atom. The first-order valence-corrected chi connectivity index (χ1v) is 4.07. The maximum atomic E-state index is 11.3. The third kappa shape index (κ3) is 0.826. The van der Waals surface area contributed by atoms with E-state index in [2.05, 4.69) is 11.6 Å². The summed E-state index contributed by atoms with van der Waals surface area (Å²) in [7, 11) is 0. The number of imidazole rings is 1. The zero-order valence-electron chi connectivity index (χ0n) is 5.73. The Hall–Kier alpha value is -1.03. The number of fused-ring (bicyclic) bond motifs is 1. The summed E-state index contributed by atoms with van der Waals surface area (Å²) in [6.45, 7) is 3.57. The van der Waals surface area contributed by atoms with Crippen molar-refractivity contribution in [2.45, 2.75) is 10.4 Å². The van der Waals surface area contributed by atoms with Gasteiger partial charge in [-0.25, -0.2) is 4.98 Å². The van der Waals surface area contributed by atoms with Crippen molar-refractivity contribution in [3.05, 3.63) is 25.0 Å². The average Bonchev–Trinajstić information content (AvgIpc) is 2.53. The number of rotatable bonds is 1. The predicted octanol–water partition coefficient (Wildman–Crippen LogP) is 1.18. The molecule has 1 aromatic heterocycles. The van der Waals surface area contributed by atoms with Crippen LogP contribution >= 0.6 is 11.8 Å². The molecule has 11 heavy (non-hydrogen) atoms. The van der Waals surface area contributed by atoms with Crippen LogP contribution in [0.1, 0.15) is 4.79 Å². The molecule has 0 saturated carbocycles. The van der Waals surface area contributed by atoms with Gasteiger partial charge >= 0.3 is 0 Å². The summed E-state index contributed by atoms with van der Waals surface area (Å²) in [5, 5.41) is 0.624. The molecule has 56 valence electrons. The van der Waals surface area contributed by atoms with E-state index in [0.29, 0.717) is 0 Å². The fourth-order valence-corrected chi connectivity index (χ4v) is 1.92. The molecule has 3 nitrogen and oxygen atoms in total. The summed E-state index contributed by atoms with van der Waals surface area (Å²) >= 11 is 1.44. The second-order valence-corrected chi connectivity index (χ2v) is 3.30. The first kappa shape index (κ1) is 6.67. The highest BCUT2D eigenvalue weighted by Gasteiger charge is 2.28. The molecule has 0 aromatic carbocycles. The van der Waals surface area contributed by atoms with E-state index in [9.17, 15) is 4.79 Å². The fraction of sp³-hybridized carbons (Fsp3) is 0.143. The zero-order chi connectivity index (χ0) is 7.84. The Balaban J connectivity index is 2.45. The minimum atomic E-state index is -0.140. The minimum absolute atomic E-state index is 0.0532. The van der Waals surface area contributed by atoms with Gasteiger partial charge in [0.05, 0.1) is 0 Å². The first-order chi connectivity index (χ1) is 5.33. The van der Waals surface area contributed by atoms with E-state index in [1.807, 2.05) is 0 Å². The SMILES string of the molecule is C=CC1Sc2nccn2C1=O. The number of hydrogen-bond donors (Lipinski definition) is 0. The summed E-state index contributed by atoms with van der Waals surface area (Å²) in [5.74, 6) is 0.0532. The lowest BCUT2D eigenvalue weighted by atomic mass is 10.4. The topological polar surface area (TPSA) is 34.9 Å². The van der Waals surface area contributed by atoms with Crippen molar-refractivity contribution in [3.8, 4) is 0 Å². The van der Waals surface area contributed by atoms with E-state index in [-0.39, 0.29) is 11.2 Å². The minimum Gasteiger partial charge on any atom is -0.272 e. The van der Waals surface area contributed by atoms with Crippen molar-refractivity contribution in [2.24, 2.45) is 0 Å².